The molecule has 0 aromatic carbocycles. The summed E-state index contributed by atoms with van der Waals surface area (Å²) in [4.78, 5) is 43.0. The lowest BCUT2D eigenvalue weighted by molar-refractivity contribution is -0.0584. The van der Waals surface area contributed by atoms with Crippen LogP contribution in [0.25, 0.3) is 0 Å². The van der Waals surface area contributed by atoms with Gasteiger partial charge in [0.05, 0.1) is 18.1 Å². The van der Waals surface area contributed by atoms with Crippen molar-refractivity contribution in [3.8, 4) is 0 Å². The summed E-state index contributed by atoms with van der Waals surface area (Å²) in [6, 6.07) is -0.872. The summed E-state index contributed by atoms with van der Waals surface area (Å²) in [7, 11) is 0. The number of rotatable bonds is 3. The van der Waals surface area contributed by atoms with Gasteiger partial charge in [0.2, 0.25) is 5.96 Å². The lowest BCUT2D eigenvalue weighted by Crippen LogP contribution is -2.48. The fourth-order valence-corrected chi connectivity index (χ4v) is 5.55. The molecule has 1 aliphatic carbocycles. The number of hydrogen-bond donors (Lipinski definition) is 3. The zero-order valence-corrected chi connectivity index (χ0v) is 22.8. The molecule has 4 rings (SSSR count). The van der Waals surface area contributed by atoms with E-state index in [1.165, 1.54) is 11.3 Å². The lowest BCUT2D eigenvalue weighted by atomic mass is 9.81. The molecular formula is C23H35N7O6S. The molecule has 1 aromatic rings. The molecule has 0 radical (unpaired) electrons. The van der Waals surface area contributed by atoms with Crippen molar-refractivity contribution < 1.29 is 29.1 Å². The predicted octanol–water partition coefficient (Wildman–Crippen LogP) is 3.52. The minimum absolute atomic E-state index is 0.0391. The Bertz CT molecular complexity index is 1040. The van der Waals surface area contributed by atoms with Crippen LogP contribution in [0.15, 0.2) is 4.99 Å². The number of hydrogen-bond acceptors (Lipinski definition) is 10. The number of urea groups is 1. The number of hydroxylamine groups is 2. The molecule has 14 heteroatoms. The molecule has 204 valence electrons. The highest BCUT2D eigenvalue weighted by atomic mass is 32.1. The van der Waals surface area contributed by atoms with E-state index in [0.717, 1.165) is 27.9 Å². The quantitative estimate of drug-likeness (QED) is 0.300. The zero-order chi connectivity index (χ0) is 27.1. The molecule has 3 N–H and O–H groups in total. The number of piperidine rings is 1. The zero-order valence-electron chi connectivity index (χ0n) is 22.0. The van der Waals surface area contributed by atoms with Crippen LogP contribution in [0.3, 0.4) is 0 Å². The average Bonchev–Trinajstić information content (AvgIpc) is 3.28. The van der Waals surface area contributed by atoms with Crippen molar-refractivity contribution in [2.75, 3.05) is 6.54 Å². The number of guanidine groups is 1. The van der Waals surface area contributed by atoms with Gasteiger partial charge in [0.25, 0.3) is 0 Å². The maximum absolute atomic E-state index is 12.3. The Morgan fingerprint density at radius 3 is 2.14 bits per heavy atom. The Hall–Kier alpha value is -3.00. The molecule has 1 unspecified atom stereocenters. The Labute approximate surface area is 219 Å². The number of nitrogens with zero attached hydrogens (tertiary/aromatic N) is 5. The number of carbonyl (C=O) groups excluding carboxylic acids is 3. The molecular weight excluding hydrogens is 502 g/mol. The normalized spacial score (nSPS) is 25.3. The van der Waals surface area contributed by atoms with E-state index in [1.54, 1.807) is 46.4 Å². The Morgan fingerprint density at radius 2 is 1.57 bits per heavy atom. The summed E-state index contributed by atoms with van der Waals surface area (Å²) in [6.45, 7) is 10.9. The molecule has 2 atom stereocenters. The monoisotopic (exact) mass is 537 g/mol. The van der Waals surface area contributed by atoms with Gasteiger partial charge in [-0.3, -0.25) is 15.8 Å². The molecule has 4 amide bonds. The topological polar surface area (TPSA) is 159 Å². The summed E-state index contributed by atoms with van der Waals surface area (Å²) in [5.74, 6) is 0.0898. The molecule has 3 heterocycles. The van der Waals surface area contributed by atoms with E-state index in [4.69, 9.17) is 9.47 Å². The van der Waals surface area contributed by atoms with Gasteiger partial charge in [-0.05, 0) is 67.2 Å². The minimum atomic E-state index is -0.737. The molecule has 1 aromatic heterocycles. The second-order valence-electron chi connectivity index (χ2n) is 11.6. The third-order valence-corrected chi connectivity index (χ3v) is 7.29. The van der Waals surface area contributed by atoms with Gasteiger partial charge in [-0.25, -0.2) is 24.4 Å². The van der Waals surface area contributed by atoms with Gasteiger partial charge in [0, 0.05) is 12.5 Å². The highest BCUT2D eigenvalue weighted by Crippen LogP contribution is 2.43. The van der Waals surface area contributed by atoms with Crippen LogP contribution in [0.2, 0.25) is 0 Å². The number of aliphatic imine (C=N–C) groups is 1. The van der Waals surface area contributed by atoms with Crippen molar-refractivity contribution in [1.29, 1.82) is 0 Å². The third kappa shape index (κ3) is 6.66. The van der Waals surface area contributed by atoms with E-state index in [2.05, 4.69) is 25.8 Å². The second-order valence-corrected chi connectivity index (χ2v) is 12.6. The summed E-state index contributed by atoms with van der Waals surface area (Å²) in [6.07, 6.45) is 1.29. The summed E-state index contributed by atoms with van der Waals surface area (Å²) in [5.41, 5.74) is -1.43. The number of nitrogens with one attached hydrogen (secondary N) is 2. The smallest absolute Gasteiger partial charge is 0.414 e. The van der Waals surface area contributed by atoms with Gasteiger partial charge < -0.3 is 14.4 Å². The number of amides is 4. The lowest BCUT2D eigenvalue weighted by Gasteiger charge is -2.31. The molecule has 37 heavy (non-hydrogen) atoms. The van der Waals surface area contributed by atoms with E-state index in [1.807, 2.05) is 0 Å². The van der Waals surface area contributed by atoms with E-state index in [0.29, 0.717) is 19.4 Å². The molecule has 0 spiro atoms. The third-order valence-electron chi connectivity index (χ3n) is 6.10. The number of aromatic nitrogens is 2. The summed E-state index contributed by atoms with van der Waals surface area (Å²) < 4.78 is 10.6. The number of fused-ring (bicyclic) bond motifs is 2. The van der Waals surface area contributed by atoms with Crippen LogP contribution in [0.1, 0.15) is 89.2 Å². The van der Waals surface area contributed by atoms with Crippen LogP contribution >= 0.6 is 11.3 Å². The van der Waals surface area contributed by atoms with E-state index in [9.17, 15) is 19.6 Å². The highest BCUT2D eigenvalue weighted by Gasteiger charge is 2.46. The molecule has 1 saturated carbocycles. The van der Waals surface area contributed by atoms with E-state index in [-0.39, 0.29) is 36.0 Å². The Balaban J connectivity index is 1.38. The van der Waals surface area contributed by atoms with Crippen molar-refractivity contribution in [3.05, 3.63) is 10.0 Å². The van der Waals surface area contributed by atoms with Crippen molar-refractivity contribution in [2.45, 2.75) is 102 Å². The maximum atomic E-state index is 12.3. The first kappa shape index (κ1) is 27.0. The van der Waals surface area contributed by atoms with Crippen LogP contribution < -0.4 is 10.6 Å². The van der Waals surface area contributed by atoms with E-state index < -0.39 is 23.4 Å². The summed E-state index contributed by atoms with van der Waals surface area (Å²) >= 11 is 1.47. The minimum Gasteiger partial charge on any atom is -0.444 e. The standard InChI is InChI=1S/C23H35N7O6S/c1-22(2,3)35-19(31)25-18(26-20(32)36-23(4,5)6)24-13-9-12(10-13)16-27-28-17(37-16)15-8-7-14-11-29(15)21(33)30(14)34/h12-15,34H,7-11H2,1-6H3,(H2,24,25,26,31,32)/t12?,13?,14?,15-/m0/s1. The van der Waals surface area contributed by atoms with E-state index >= 15 is 0 Å². The SMILES string of the molecule is CC(C)(C)OC(=O)NC(=NC1CC(c2nnc([C@@H]3CCC4CN3C(=O)N4O)s2)C1)NC(=O)OC(C)(C)C. The predicted molar refractivity (Wildman–Crippen MR) is 133 cm³/mol. The first-order chi connectivity index (χ1) is 17.2. The van der Waals surface area contributed by atoms with Gasteiger partial charge in [-0.2, -0.15) is 0 Å². The van der Waals surface area contributed by atoms with Gasteiger partial charge in [0.1, 0.15) is 21.2 Å². The Morgan fingerprint density at radius 1 is 1.00 bits per heavy atom. The fourth-order valence-electron chi connectivity index (χ4n) is 4.43. The molecule has 2 saturated heterocycles. The second kappa shape index (κ2) is 10.0. The molecule has 2 bridgehead atoms. The largest absolute Gasteiger partial charge is 0.444 e. The number of alkyl carbamates (subject to hydrolysis) is 2. The van der Waals surface area contributed by atoms with Crippen LogP contribution in [0.5, 0.6) is 0 Å². The van der Waals surface area contributed by atoms with Gasteiger partial charge in [0.15, 0.2) is 0 Å². The van der Waals surface area contributed by atoms with Gasteiger partial charge in [-0.15, -0.1) is 10.2 Å². The molecule has 13 nitrogen and oxygen atoms in total. The maximum Gasteiger partial charge on any atom is 0.414 e. The fraction of sp³-hybridized carbons (Fsp3) is 0.739. The first-order valence-corrected chi connectivity index (χ1v) is 13.2. The van der Waals surface area contributed by atoms with Gasteiger partial charge in [-0.1, -0.05) is 11.3 Å². The van der Waals surface area contributed by atoms with Gasteiger partial charge >= 0.3 is 18.2 Å². The van der Waals surface area contributed by atoms with Crippen molar-refractivity contribution in [2.24, 2.45) is 4.99 Å². The van der Waals surface area contributed by atoms with Crippen LogP contribution in [0.4, 0.5) is 14.4 Å². The van der Waals surface area contributed by atoms with Crippen molar-refractivity contribution >= 4 is 35.5 Å². The summed E-state index contributed by atoms with van der Waals surface area (Å²) in [5, 5.41) is 26.1. The van der Waals surface area contributed by atoms with Crippen LogP contribution in [0, 0.1) is 0 Å². The highest BCUT2D eigenvalue weighted by molar-refractivity contribution is 7.11. The van der Waals surface area contributed by atoms with Crippen LogP contribution in [-0.2, 0) is 9.47 Å². The van der Waals surface area contributed by atoms with Crippen molar-refractivity contribution in [1.82, 2.24) is 30.8 Å². The van der Waals surface area contributed by atoms with Crippen molar-refractivity contribution in [3.63, 3.8) is 0 Å². The Kier molecular flexibility index (Phi) is 7.34. The molecule has 3 aliphatic rings. The first-order valence-electron chi connectivity index (χ1n) is 12.4. The molecule has 3 fully saturated rings. The molecule has 2 aliphatic heterocycles. The average molecular weight is 538 g/mol. The van der Waals surface area contributed by atoms with Crippen LogP contribution in [-0.4, -0.2) is 79.4 Å². The number of ether oxygens (including phenoxy) is 2. The number of carbonyl (C=O) groups is 3.